The zero-order valence-corrected chi connectivity index (χ0v) is 18.8. The van der Waals surface area contributed by atoms with Crippen LogP contribution in [-0.2, 0) is 4.79 Å². The molecule has 1 aliphatic rings. The molecule has 0 aromatic heterocycles. The van der Waals surface area contributed by atoms with Crippen molar-refractivity contribution in [2.75, 3.05) is 23.8 Å². The van der Waals surface area contributed by atoms with Crippen molar-refractivity contribution in [2.24, 2.45) is 5.92 Å². The van der Waals surface area contributed by atoms with Crippen LogP contribution >= 0.6 is 11.6 Å². The Bertz CT molecular complexity index is 909. The van der Waals surface area contributed by atoms with Crippen LogP contribution in [0.3, 0.4) is 0 Å². The number of nitrogens with one attached hydrogen (secondary N) is 2. The molecule has 7 heteroatoms. The van der Waals surface area contributed by atoms with Gasteiger partial charge in [0.15, 0.2) is 0 Å². The van der Waals surface area contributed by atoms with Crippen LogP contribution in [0.25, 0.3) is 0 Å². The van der Waals surface area contributed by atoms with Crippen LogP contribution in [0.5, 0.6) is 11.5 Å². The van der Waals surface area contributed by atoms with E-state index in [4.69, 9.17) is 21.1 Å². The van der Waals surface area contributed by atoms with Crippen LogP contribution in [0.1, 0.15) is 56.3 Å². The number of benzene rings is 2. The van der Waals surface area contributed by atoms with Gasteiger partial charge in [-0.25, -0.2) is 0 Å². The minimum atomic E-state index is -0.293. The molecule has 0 heterocycles. The Kier molecular flexibility index (Phi) is 8.18. The third-order valence-corrected chi connectivity index (χ3v) is 5.52. The summed E-state index contributed by atoms with van der Waals surface area (Å²) in [6, 6.07) is 10.0. The number of halogens is 1. The number of carbonyl (C=O) groups excluding carboxylic acids is 2. The lowest BCUT2D eigenvalue weighted by atomic mass is 9.88. The van der Waals surface area contributed by atoms with E-state index in [0.717, 1.165) is 25.7 Å². The van der Waals surface area contributed by atoms with Gasteiger partial charge in [-0.1, -0.05) is 30.9 Å². The maximum atomic E-state index is 12.8. The second kappa shape index (κ2) is 11.0. The number of ether oxygens (including phenoxy) is 2. The number of amides is 2. The molecule has 1 aliphatic carbocycles. The summed E-state index contributed by atoms with van der Waals surface area (Å²) >= 11 is 5.91. The first-order valence-corrected chi connectivity index (χ1v) is 11.2. The molecule has 0 saturated heterocycles. The molecule has 0 atom stereocenters. The summed E-state index contributed by atoms with van der Waals surface area (Å²) in [5.74, 6) is 0.678. The molecular weight excluding hydrogens is 416 g/mol. The molecular formula is C24H29ClN2O4. The van der Waals surface area contributed by atoms with Gasteiger partial charge in [-0.05, 0) is 51.0 Å². The Morgan fingerprint density at radius 1 is 0.903 bits per heavy atom. The van der Waals surface area contributed by atoms with Crippen molar-refractivity contribution >= 4 is 34.8 Å². The highest BCUT2D eigenvalue weighted by Gasteiger charge is 2.23. The van der Waals surface area contributed by atoms with Crippen molar-refractivity contribution in [1.82, 2.24) is 0 Å². The Hall–Kier alpha value is -2.73. The van der Waals surface area contributed by atoms with Gasteiger partial charge in [-0.3, -0.25) is 9.59 Å². The minimum absolute atomic E-state index is 0.000973. The Labute approximate surface area is 188 Å². The van der Waals surface area contributed by atoms with Gasteiger partial charge in [-0.2, -0.15) is 0 Å². The van der Waals surface area contributed by atoms with Gasteiger partial charge in [-0.15, -0.1) is 0 Å². The average molecular weight is 445 g/mol. The van der Waals surface area contributed by atoms with E-state index in [1.165, 1.54) is 6.42 Å². The second-order valence-electron chi connectivity index (χ2n) is 7.50. The van der Waals surface area contributed by atoms with Crippen LogP contribution in [0.15, 0.2) is 36.4 Å². The van der Waals surface area contributed by atoms with E-state index in [0.29, 0.717) is 46.7 Å². The van der Waals surface area contributed by atoms with Crippen LogP contribution in [-0.4, -0.2) is 25.0 Å². The summed E-state index contributed by atoms with van der Waals surface area (Å²) in [5.41, 5.74) is 1.49. The molecule has 0 spiro atoms. The van der Waals surface area contributed by atoms with E-state index in [1.54, 1.807) is 36.4 Å². The molecule has 0 unspecified atom stereocenters. The highest BCUT2D eigenvalue weighted by Crippen LogP contribution is 2.38. The second-order valence-corrected chi connectivity index (χ2v) is 7.93. The van der Waals surface area contributed by atoms with Gasteiger partial charge in [0.1, 0.15) is 11.5 Å². The summed E-state index contributed by atoms with van der Waals surface area (Å²) in [5, 5.41) is 6.44. The lowest BCUT2D eigenvalue weighted by Crippen LogP contribution is -2.25. The topological polar surface area (TPSA) is 76.7 Å². The smallest absolute Gasteiger partial charge is 0.255 e. The van der Waals surface area contributed by atoms with Crippen molar-refractivity contribution in [3.8, 4) is 11.5 Å². The average Bonchev–Trinajstić information content (AvgIpc) is 2.77. The lowest BCUT2D eigenvalue weighted by Gasteiger charge is -2.22. The molecule has 2 aromatic carbocycles. The predicted molar refractivity (Wildman–Crippen MR) is 123 cm³/mol. The highest BCUT2D eigenvalue weighted by atomic mass is 35.5. The number of anilines is 2. The number of hydrogen-bond donors (Lipinski definition) is 2. The fourth-order valence-electron chi connectivity index (χ4n) is 3.70. The zero-order chi connectivity index (χ0) is 22.2. The minimum Gasteiger partial charge on any atom is -0.492 e. The molecule has 2 aromatic rings. The standard InChI is InChI=1S/C24H29ClN2O4/c1-3-30-21-15-20(27-24(29)17-10-12-18(25)13-11-17)22(31-4-2)14-19(21)26-23(28)16-8-6-5-7-9-16/h10-16H,3-9H2,1-2H3,(H,26,28)(H,27,29). The fourth-order valence-corrected chi connectivity index (χ4v) is 3.83. The number of rotatable bonds is 8. The summed E-state index contributed by atoms with van der Waals surface area (Å²) < 4.78 is 11.5. The quantitative estimate of drug-likeness (QED) is 0.530. The SMILES string of the molecule is CCOc1cc(NC(=O)C2CCCCC2)c(OCC)cc1NC(=O)c1ccc(Cl)cc1. The molecule has 2 amide bonds. The third kappa shape index (κ3) is 6.14. The van der Waals surface area contributed by atoms with E-state index in [9.17, 15) is 9.59 Å². The van der Waals surface area contributed by atoms with Crippen molar-refractivity contribution < 1.29 is 19.1 Å². The molecule has 2 N–H and O–H groups in total. The molecule has 0 bridgehead atoms. The van der Waals surface area contributed by atoms with Crippen LogP contribution in [0.4, 0.5) is 11.4 Å². The van der Waals surface area contributed by atoms with Gasteiger partial charge >= 0.3 is 0 Å². The molecule has 166 valence electrons. The van der Waals surface area contributed by atoms with Crippen molar-refractivity contribution in [3.05, 3.63) is 47.0 Å². The Balaban J connectivity index is 1.86. The highest BCUT2D eigenvalue weighted by molar-refractivity contribution is 6.30. The predicted octanol–water partition coefficient (Wildman–Crippen LogP) is 5.91. The summed E-state index contributed by atoms with van der Waals surface area (Å²) in [6.07, 6.45) is 5.16. The number of carbonyl (C=O) groups is 2. The zero-order valence-electron chi connectivity index (χ0n) is 18.0. The summed E-state index contributed by atoms with van der Waals surface area (Å²) in [6.45, 7) is 4.56. The van der Waals surface area contributed by atoms with Crippen molar-refractivity contribution in [3.63, 3.8) is 0 Å². The molecule has 3 rings (SSSR count). The van der Waals surface area contributed by atoms with E-state index in [2.05, 4.69) is 10.6 Å². The van der Waals surface area contributed by atoms with Gasteiger partial charge in [0.05, 0.1) is 24.6 Å². The summed E-state index contributed by atoms with van der Waals surface area (Å²) in [7, 11) is 0. The van der Waals surface area contributed by atoms with Gasteiger partial charge in [0.25, 0.3) is 5.91 Å². The molecule has 1 fully saturated rings. The van der Waals surface area contributed by atoms with Gasteiger partial charge < -0.3 is 20.1 Å². The summed E-state index contributed by atoms with van der Waals surface area (Å²) in [4.78, 5) is 25.5. The normalized spacial score (nSPS) is 14.0. The number of hydrogen-bond acceptors (Lipinski definition) is 4. The van der Waals surface area contributed by atoms with Crippen LogP contribution in [0.2, 0.25) is 5.02 Å². The molecule has 6 nitrogen and oxygen atoms in total. The Morgan fingerprint density at radius 2 is 1.45 bits per heavy atom. The molecule has 0 radical (unpaired) electrons. The van der Waals surface area contributed by atoms with E-state index in [1.807, 2.05) is 13.8 Å². The van der Waals surface area contributed by atoms with Gasteiger partial charge in [0.2, 0.25) is 5.91 Å². The third-order valence-electron chi connectivity index (χ3n) is 5.27. The van der Waals surface area contributed by atoms with Crippen molar-refractivity contribution in [2.45, 2.75) is 46.0 Å². The first-order chi connectivity index (χ1) is 15.0. The van der Waals surface area contributed by atoms with E-state index < -0.39 is 0 Å². The lowest BCUT2D eigenvalue weighted by molar-refractivity contribution is -0.120. The van der Waals surface area contributed by atoms with E-state index >= 15 is 0 Å². The largest absolute Gasteiger partial charge is 0.492 e. The maximum absolute atomic E-state index is 12.8. The first kappa shape index (κ1) is 22.9. The van der Waals surface area contributed by atoms with Crippen molar-refractivity contribution in [1.29, 1.82) is 0 Å². The molecule has 0 aliphatic heterocycles. The van der Waals surface area contributed by atoms with Gasteiger partial charge in [0, 0.05) is 28.6 Å². The Morgan fingerprint density at radius 3 is 2.00 bits per heavy atom. The van der Waals surface area contributed by atoms with Crippen LogP contribution < -0.4 is 20.1 Å². The van der Waals surface area contributed by atoms with Crippen LogP contribution in [0, 0.1) is 5.92 Å². The molecule has 31 heavy (non-hydrogen) atoms. The molecule has 1 saturated carbocycles. The first-order valence-electron chi connectivity index (χ1n) is 10.8. The monoisotopic (exact) mass is 444 g/mol. The fraction of sp³-hybridized carbons (Fsp3) is 0.417. The maximum Gasteiger partial charge on any atom is 0.255 e. The van der Waals surface area contributed by atoms with E-state index in [-0.39, 0.29) is 17.7 Å².